The Morgan fingerprint density at radius 3 is 2.68 bits per heavy atom. The van der Waals surface area contributed by atoms with Gasteiger partial charge in [0.25, 0.3) is 6.43 Å². The van der Waals surface area contributed by atoms with Gasteiger partial charge in [0.2, 0.25) is 0 Å². The van der Waals surface area contributed by atoms with Crippen LogP contribution in [0.1, 0.15) is 30.2 Å². The molecule has 0 atom stereocenters. The highest BCUT2D eigenvalue weighted by Crippen LogP contribution is 2.30. The van der Waals surface area contributed by atoms with Crippen molar-refractivity contribution in [3.8, 4) is 6.07 Å². The number of halogens is 2. The number of nitrogens with zero attached hydrogens (tertiary/aromatic N) is 4. The van der Waals surface area contributed by atoms with Gasteiger partial charge in [0, 0.05) is 5.56 Å². The van der Waals surface area contributed by atoms with E-state index in [2.05, 4.69) is 10.1 Å². The summed E-state index contributed by atoms with van der Waals surface area (Å²) in [5, 5.41) is 13.3. The summed E-state index contributed by atoms with van der Waals surface area (Å²) in [6, 6.07) is 1.93. The molecule has 8 heteroatoms. The molecular formula is C11H11F2N5S. The monoisotopic (exact) mass is 283 g/mol. The molecule has 0 saturated heterocycles. The maximum atomic E-state index is 12.9. The fourth-order valence-electron chi connectivity index (χ4n) is 1.88. The fourth-order valence-corrected chi connectivity index (χ4v) is 2.41. The third kappa shape index (κ3) is 2.00. The van der Waals surface area contributed by atoms with Gasteiger partial charge in [-0.15, -0.1) is 11.8 Å². The highest BCUT2D eigenvalue weighted by molar-refractivity contribution is 7.98. The highest BCUT2D eigenvalue weighted by atomic mass is 32.2. The van der Waals surface area contributed by atoms with Crippen LogP contribution >= 0.6 is 11.8 Å². The zero-order valence-electron chi connectivity index (χ0n) is 10.3. The van der Waals surface area contributed by atoms with Crippen LogP contribution in [0.4, 0.5) is 14.6 Å². The number of nitrogens with two attached hydrogens (primary N) is 1. The van der Waals surface area contributed by atoms with Crippen LogP contribution in [0, 0.1) is 11.3 Å². The van der Waals surface area contributed by atoms with Gasteiger partial charge in [0.05, 0.1) is 0 Å². The summed E-state index contributed by atoms with van der Waals surface area (Å²) in [7, 11) is 0. The average molecular weight is 283 g/mol. The average Bonchev–Trinajstić information content (AvgIpc) is 2.77. The first-order valence-electron chi connectivity index (χ1n) is 5.48. The van der Waals surface area contributed by atoms with Gasteiger partial charge in [-0.3, -0.25) is 0 Å². The lowest BCUT2D eigenvalue weighted by molar-refractivity contribution is 0.144. The SMILES string of the molecule is CCc1c(C(F)F)nn2c(N)c(C#N)c(SC)nc12. The van der Waals surface area contributed by atoms with Crippen LogP contribution in [-0.4, -0.2) is 20.9 Å². The van der Waals surface area contributed by atoms with Crippen molar-refractivity contribution in [2.45, 2.75) is 24.8 Å². The Balaban J connectivity index is 2.89. The van der Waals surface area contributed by atoms with Gasteiger partial charge in [-0.25, -0.2) is 13.8 Å². The molecule has 5 nitrogen and oxygen atoms in total. The summed E-state index contributed by atoms with van der Waals surface area (Å²) in [5.41, 5.74) is 6.30. The standard InChI is InChI=1S/C11H11F2N5S/c1-3-5-7(8(12)13)17-18-9(15)6(4-14)11(19-2)16-10(5)18/h8H,3,15H2,1-2H3. The van der Waals surface area contributed by atoms with E-state index >= 15 is 0 Å². The predicted molar refractivity (Wildman–Crippen MR) is 68.2 cm³/mol. The van der Waals surface area contributed by atoms with E-state index in [1.165, 1.54) is 11.8 Å². The van der Waals surface area contributed by atoms with Crippen molar-refractivity contribution in [2.75, 3.05) is 12.0 Å². The van der Waals surface area contributed by atoms with Gasteiger partial charge >= 0.3 is 0 Å². The number of aromatic nitrogens is 3. The van der Waals surface area contributed by atoms with Gasteiger partial charge in [0.1, 0.15) is 28.2 Å². The second kappa shape index (κ2) is 5.01. The van der Waals surface area contributed by atoms with E-state index in [-0.39, 0.29) is 17.1 Å². The van der Waals surface area contributed by atoms with Crippen LogP contribution in [0.3, 0.4) is 0 Å². The van der Waals surface area contributed by atoms with E-state index in [0.717, 1.165) is 4.52 Å². The molecule has 0 radical (unpaired) electrons. The molecule has 0 saturated carbocycles. The number of anilines is 1. The molecule has 0 fully saturated rings. The summed E-state index contributed by atoms with van der Waals surface area (Å²) in [5.74, 6) is 0.0402. The molecule has 2 N–H and O–H groups in total. The minimum Gasteiger partial charge on any atom is -0.382 e. The predicted octanol–water partition coefficient (Wildman–Crippen LogP) is 2.41. The Bertz CT molecular complexity index is 674. The van der Waals surface area contributed by atoms with Crippen molar-refractivity contribution in [3.63, 3.8) is 0 Å². The van der Waals surface area contributed by atoms with E-state index in [1.54, 1.807) is 13.2 Å². The Morgan fingerprint density at radius 2 is 2.21 bits per heavy atom. The molecule has 0 aromatic carbocycles. The minimum atomic E-state index is -2.70. The molecule has 0 bridgehead atoms. The third-order valence-electron chi connectivity index (χ3n) is 2.76. The van der Waals surface area contributed by atoms with Crippen LogP contribution in [0.2, 0.25) is 0 Å². The molecule has 0 aliphatic heterocycles. The summed E-state index contributed by atoms with van der Waals surface area (Å²) in [4.78, 5) is 4.23. The van der Waals surface area contributed by atoms with Gasteiger partial charge in [-0.05, 0) is 12.7 Å². The van der Waals surface area contributed by atoms with Crippen LogP contribution in [0.15, 0.2) is 5.03 Å². The molecule has 2 aromatic rings. The molecule has 0 spiro atoms. The van der Waals surface area contributed by atoms with Gasteiger partial charge in [-0.2, -0.15) is 14.9 Å². The molecule has 0 amide bonds. The Kier molecular flexibility index (Phi) is 3.57. The van der Waals surface area contributed by atoms with Crippen molar-refractivity contribution >= 4 is 23.2 Å². The molecule has 2 heterocycles. The Morgan fingerprint density at radius 1 is 1.53 bits per heavy atom. The minimum absolute atomic E-state index is 0.0402. The fraction of sp³-hybridized carbons (Fsp3) is 0.364. The molecule has 2 aromatic heterocycles. The number of hydrogen-bond acceptors (Lipinski definition) is 5. The van der Waals surface area contributed by atoms with Crippen molar-refractivity contribution in [1.82, 2.24) is 14.6 Å². The topological polar surface area (TPSA) is 80.0 Å². The van der Waals surface area contributed by atoms with Crippen molar-refractivity contribution in [1.29, 1.82) is 5.26 Å². The lowest BCUT2D eigenvalue weighted by Crippen LogP contribution is -2.05. The lowest BCUT2D eigenvalue weighted by atomic mass is 10.2. The second-order valence-corrected chi connectivity index (χ2v) is 4.54. The number of nitriles is 1. The molecule has 0 aliphatic carbocycles. The molecule has 100 valence electrons. The Hall–Kier alpha value is -1.88. The number of rotatable bonds is 3. The van der Waals surface area contributed by atoms with Gasteiger partial charge in [-0.1, -0.05) is 6.92 Å². The zero-order valence-corrected chi connectivity index (χ0v) is 11.1. The number of nitrogen functional groups attached to an aromatic ring is 1. The molecule has 2 rings (SSSR count). The third-order valence-corrected chi connectivity index (χ3v) is 3.44. The molecule has 0 aliphatic rings. The summed E-state index contributed by atoms with van der Waals surface area (Å²) in [6.07, 6.45) is -0.580. The maximum Gasteiger partial charge on any atom is 0.282 e. The van der Waals surface area contributed by atoms with E-state index in [1.807, 2.05) is 6.07 Å². The van der Waals surface area contributed by atoms with E-state index < -0.39 is 6.43 Å². The number of alkyl halides is 2. The molecule has 19 heavy (non-hydrogen) atoms. The van der Waals surface area contributed by atoms with Crippen molar-refractivity contribution in [2.24, 2.45) is 0 Å². The lowest BCUT2D eigenvalue weighted by Gasteiger charge is -2.05. The smallest absolute Gasteiger partial charge is 0.282 e. The highest BCUT2D eigenvalue weighted by Gasteiger charge is 2.23. The number of aryl methyl sites for hydroxylation is 1. The zero-order chi connectivity index (χ0) is 14.2. The van der Waals surface area contributed by atoms with E-state index in [9.17, 15) is 8.78 Å². The number of thioether (sulfide) groups is 1. The first-order chi connectivity index (χ1) is 9.04. The maximum absolute atomic E-state index is 12.9. The van der Waals surface area contributed by atoms with E-state index in [4.69, 9.17) is 11.0 Å². The summed E-state index contributed by atoms with van der Waals surface area (Å²) < 4.78 is 27.0. The van der Waals surface area contributed by atoms with Crippen LogP contribution in [0.5, 0.6) is 0 Å². The summed E-state index contributed by atoms with van der Waals surface area (Å²) >= 11 is 1.24. The second-order valence-electron chi connectivity index (χ2n) is 3.75. The van der Waals surface area contributed by atoms with Crippen LogP contribution in [-0.2, 0) is 6.42 Å². The molecule has 0 unspecified atom stereocenters. The number of fused-ring (bicyclic) bond motifs is 1. The van der Waals surface area contributed by atoms with Gasteiger partial charge in [0.15, 0.2) is 5.65 Å². The summed E-state index contributed by atoms with van der Waals surface area (Å²) in [6.45, 7) is 1.75. The van der Waals surface area contributed by atoms with Crippen molar-refractivity contribution in [3.05, 3.63) is 16.8 Å². The Labute approximate surface area is 112 Å². The quantitative estimate of drug-likeness (QED) is 0.691. The largest absolute Gasteiger partial charge is 0.382 e. The van der Waals surface area contributed by atoms with Crippen molar-refractivity contribution < 1.29 is 8.78 Å². The van der Waals surface area contributed by atoms with E-state index in [0.29, 0.717) is 22.7 Å². The number of hydrogen-bond donors (Lipinski definition) is 1. The molecular weight excluding hydrogens is 272 g/mol. The normalized spacial score (nSPS) is 11.2. The first kappa shape index (κ1) is 13.5. The van der Waals surface area contributed by atoms with Crippen LogP contribution < -0.4 is 5.73 Å². The first-order valence-corrected chi connectivity index (χ1v) is 6.70. The van der Waals surface area contributed by atoms with Gasteiger partial charge < -0.3 is 5.73 Å². The van der Waals surface area contributed by atoms with Crippen LogP contribution in [0.25, 0.3) is 5.65 Å².